The Hall–Kier alpha value is -0.520. The summed E-state index contributed by atoms with van der Waals surface area (Å²) < 4.78 is 0. The van der Waals surface area contributed by atoms with Gasteiger partial charge in [0.25, 0.3) is 0 Å². The van der Waals surface area contributed by atoms with Crippen LogP contribution in [0.3, 0.4) is 0 Å². The van der Waals surface area contributed by atoms with Crippen molar-refractivity contribution in [1.29, 1.82) is 0 Å². The second kappa shape index (κ2) is 4.05. The Bertz CT molecular complexity index is 326. The van der Waals surface area contributed by atoms with Gasteiger partial charge < -0.3 is 0 Å². The quantitative estimate of drug-likeness (QED) is 0.515. The Kier molecular flexibility index (Phi) is 3.43. The largest absolute Gasteiger partial charge is 0.0664 e. The molecule has 0 aromatic rings. The topological polar surface area (TPSA) is 0 Å². The van der Waals surface area contributed by atoms with E-state index in [1.165, 1.54) is 6.42 Å². The van der Waals surface area contributed by atoms with E-state index in [0.29, 0.717) is 11.3 Å². The van der Waals surface area contributed by atoms with Gasteiger partial charge in [-0.05, 0) is 35.7 Å². The lowest BCUT2D eigenvalue weighted by molar-refractivity contribution is 0.432. The summed E-state index contributed by atoms with van der Waals surface area (Å²) in [5.41, 5.74) is 5.33. The number of hydrogen-bond donors (Lipinski definition) is 0. The molecule has 0 saturated heterocycles. The smallest absolute Gasteiger partial charge is 0.0132 e. The molecule has 1 rings (SSSR count). The standard InChI is InChI=1S/C16H28/c1-11-9-13(15(3,4)5)10-14(12(11)2)16(6,7)8/h10-11H,9H2,1-8H3. The maximum absolute atomic E-state index is 2.47. The third kappa shape index (κ3) is 2.78. The fourth-order valence-electron chi connectivity index (χ4n) is 2.43. The Morgan fingerprint density at radius 1 is 1.00 bits per heavy atom. The molecule has 0 heterocycles. The van der Waals surface area contributed by atoms with E-state index in [9.17, 15) is 0 Å². The molecular weight excluding hydrogens is 192 g/mol. The van der Waals surface area contributed by atoms with Crippen LogP contribution in [0.1, 0.15) is 61.8 Å². The summed E-state index contributed by atoms with van der Waals surface area (Å²) in [7, 11) is 0. The summed E-state index contributed by atoms with van der Waals surface area (Å²) >= 11 is 0. The highest BCUT2D eigenvalue weighted by Gasteiger charge is 2.28. The van der Waals surface area contributed by atoms with Gasteiger partial charge in [-0.1, -0.05) is 65.7 Å². The molecule has 0 bridgehead atoms. The molecule has 92 valence electrons. The number of allylic oxidation sites excluding steroid dienone is 4. The highest BCUT2D eigenvalue weighted by atomic mass is 14.3. The van der Waals surface area contributed by atoms with Crippen molar-refractivity contribution in [3.8, 4) is 0 Å². The van der Waals surface area contributed by atoms with E-state index in [0.717, 1.165) is 0 Å². The minimum atomic E-state index is 0.273. The molecule has 0 radical (unpaired) electrons. The van der Waals surface area contributed by atoms with Crippen molar-refractivity contribution in [1.82, 2.24) is 0 Å². The summed E-state index contributed by atoms with van der Waals surface area (Å²) in [5, 5.41) is 0. The lowest BCUT2D eigenvalue weighted by Gasteiger charge is -2.35. The molecule has 1 unspecified atom stereocenters. The van der Waals surface area contributed by atoms with Gasteiger partial charge in [0.15, 0.2) is 0 Å². The summed E-state index contributed by atoms with van der Waals surface area (Å²) in [6.07, 6.45) is 3.70. The predicted octanol–water partition coefficient (Wildman–Crippen LogP) is 5.36. The molecule has 1 atom stereocenters. The monoisotopic (exact) mass is 220 g/mol. The van der Waals surface area contributed by atoms with Crippen molar-refractivity contribution in [2.75, 3.05) is 0 Å². The van der Waals surface area contributed by atoms with Crippen molar-refractivity contribution >= 4 is 0 Å². The van der Waals surface area contributed by atoms with Crippen LogP contribution in [-0.2, 0) is 0 Å². The molecule has 0 heteroatoms. The fraction of sp³-hybridized carbons (Fsp3) is 0.750. The summed E-state index contributed by atoms with van der Waals surface area (Å²) in [5.74, 6) is 0.702. The first-order valence-electron chi connectivity index (χ1n) is 6.46. The van der Waals surface area contributed by atoms with Crippen LogP contribution in [0.5, 0.6) is 0 Å². The highest BCUT2D eigenvalue weighted by Crippen LogP contribution is 2.43. The van der Waals surface area contributed by atoms with Crippen LogP contribution in [-0.4, -0.2) is 0 Å². The Balaban J connectivity index is 3.23. The summed E-state index contributed by atoms with van der Waals surface area (Å²) in [4.78, 5) is 0. The molecule has 0 nitrogen and oxygen atoms in total. The van der Waals surface area contributed by atoms with Crippen molar-refractivity contribution < 1.29 is 0 Å². The molecule has 0 spiro atoms. The van der Waals surface area contributed by atoms with E-state index in [-0.39, 0.29) is 5.41 Å². The van der Waals surface area contributed by atoms with Gasteiger partial charge in [-0.25, -0.2) is 0 Å². The molecule has 1 aliphatic carbocycles. The molecule has 0 aliphatic heterocycles. The van der Waals surface area contributed by atoms with Gasteiger partial charge >= 0.3 is 0 Å². The zero-order valence-corrected chi connectivity index (χ0v) is 12.4. The second-order valence-corrected chi connectivity index (χ2v) is 7.37. The van der Waals surface area contributed by atoms with Crippen LogP contribution in [0.4, 0.5) is 0 Å². The average Bonchev–Trinajstić information content (AvgIpc) is 2.05. The highest BCUT2D eigenvalue weighted by molar-refractivity contribution is 5.39. The third-order valence-corrected chi connectivity index (χ3v) is 3.78. The van der Waals surface area contributed by atoms with E-state index in [4.69, 9.17) is 0 Å². The molecule has 0 N–H and O–H groups in total. The van der Waals surface area contributed by atoms with Gasteiger partial charge in [0, 0.05) is 0 Å². The van der Waals surface area contributed by atoms with E-state index in [1.807, 2.05) is 0 Å². The lowest BCUT2D eigenvalue weighted by atomic mass is 9.70. The molecular formula is C16H28. The maximum atomic E-state index is 2.47. The molecule has 0 amide bonds. The lowest BCUT2D eigenvalue weighted by Crippen LogP contribution is -2.22. The number of hydrogen-bond acceptors (Lipinski definition) is 0. The third-order valence-electron chi connectivity index (χ3n) is 3.78. The van der Waals surface area contributed by atoms with E-state index in [1.54, 1.807) is 16.7 Å². The van der Waals surface area contributed by atoms with Gasteiger partial charge in [-0.15, -0.1) is 0 Å². The minimum absolute atomic E-state index is 0.273. The van der Waals surface area contributed by atoms with Crippen LogP contribution in [0.15, 0.2) is 22.8 Å². The Morgan fingerprint density at radius 2 is 1.50 bits per heavy atom. The average molecular weight is 220 g/mol. The Morgan fingerprint density at radius 3 is 1.88 bits per heavy atom. The SMILES string of the molecule is CC1=C(C(C)(C)C)C=C(C(C)(C)C)CC1C. The van der Waals surface area contributed by atoms with Crippen LogP contribution >= 0.6 is 0 Å². The van der Waals surface area contributed by atoms with Crippen LogP contribution < -0.4 is 0 Å². The summed E-state index contributed by atoms with van der Waals surface area (Å²) in [6.45, 7) is 18.6. The molecule has 0 aromatic heterocycles. The van der Waals surface area contributed by atoms with E-state index < -0.39 is 0 Å². The van der Waals surface area contributed by atoms with Crippen molar-refractivity contribution in [3.05, 3.63) is 22.8 Å². The van der Waals surface area contributed by atoms with Gasteiger partial charge in [0.05, 0.1) is 0 Å². The van der Waals surface area contributed by atoms with Gasteiger partial charge in [-0.2, -0.15) is 0 Å². The van der Waals surface area contributed by atoms with Crippen LogP contribution in [0.2, 0.25) is 0 Å². The van der Waals surface area contributed by atoms with Crippen LogP contribution in [0, 0.1) is 16.7 Å². The van der Waals surface area contributed by atoms with Crippen molar-refractivity contribution in [3.63, 3.8) is 0 Å². The Labute approximate surface area is 102 Å². The van der Waals surface area contributed by atoms with E-state index >= 15 is 0 Å². The molecule has 0 saturated carbocycles. The first-order valence-corrected chi connectivity index (χ1v) is 6.46. The zero-order chi connectivity index (χ0) is 12.7. The van der Waals surface area contributed by atoms with Crippen molar-refractivity contribution in [2.45, 2.75) is 61.8 Å². The first-order chi connectivity index (χ1) is 7.03. The normalized spacial score (nSPS) is 23.5. The fourth-order valence-corrected chi connectivity index (χ4v) is 2.43. The van der Waals surface area contributed by atoms with E-state index in [2.05, 4.69) is 61.5 Å². The number of rotatable bonds is 0. The molecule has 0 aromatic carbocycles. The van der Waals surface area contributed by atoms with Gasteiger partial charge in [-0.3, -0.25) is 0 Å². The van der Waals surface area contributed by atoms with Gasteiger partial charge in [0.2, 0.25) is 0 Å². The minimum Gasteiger partial charge on any atom is -0.0664 e. The zero-order valence-electron chi connectivity index (χ0n) is 12.4. The van der Waals surface area contributed by atoms with Crippen LogP contribution in [0.25, 0.3) is 0 Å². The summed E-state index contributed by atoms with van der Waals surface area (Å²) in [6, 6.07) is 0. The van der Waals surface area contributed by atoms with Crippen molar-refractivity contribution in [2.24, 2.45) is 16.7 Å². The predicted molar refractivity (Wildman–Crippen MR) is 73.5 cm³/mol. The first kappa shape index (κ1) is 13.5. The molecule has 1 aliphatic rings. The maximum Gasteiger partial charge on any atom is -0.0132 e. The molecule has 16 heavy (non-hydrogen) atoms. The second-order valence-electron chi connectivity index (χ2n) is 7.37. The molecule has 0 fully saturated rings. The van der Waals surface area contributed by atoms with Gasteiger partial charge in [0.1, 0.15) is 0 Å².